The van der Waals surface area contributed by atoms with Crippen LogP contribution in [0.4, 0.5) is 21.5 Å². The zero-order valence-electron chi connectivity index (χ0n) is 22.9. The van der Waals surface area contributed by atoms with Crippen molar-refractivity contribution in [2.75, 3.05) is 29.8 Å². The van der Waals surface area contributed by atoms with Gasteiger partial charge in [-0.25, -0.2) is 9.29 Å². The van der Waals surface area contributed by atoms with Gasteiger partial charge < -0.3 is 20.1 Å². The molecule has 0 saturated carbocycles. The molecule has 8 nitrogen and oxygen atoms in total. The molecule has 1 aliphatic rings. The molecular formula is C32H26FN3O5S. The van der Waals surface area contributed by atoms with Crippen LogP contribution in [0.5, 0.6) is 11.5 Å². The van der Waals surface area contributed by atoms with Crippen LogP contribution in [0, 0.1) is 12.7 Å². The Kier molecular flexibility index (Phi) is 8.26. The van der Waals surface area contributed by atoms with Crippen LogP contribution in [0.15, 0.2) is 106 Å². The molecule has 2 N–H and O–H groups in total. The Morgan fingerprint density at radius 2 is 1.60 bits per heavy atom. The lowest BCUT2D eigenvalue weighted by Crippen LogP contribution is -2.32. The average molecular weight is 584 g/mol. The van der Waals surface area contributed by atoms with Crippen molar-refractivity contribution in [2.45, 2.75) is 11.8 Å². The third-order valence-electron chi connectivity index (χ3n) is 6.40. The first-order valence-corrected chi connectivity index (χ1v) is 13.6. The second-order valence-electron chi connectivity index (χ2n) is 9.27. The van der Waals surface area contributed by atoms with Crippen molar-refractivity contribution >= 4 is 46.5 Å². The van der Waals surface area contributed by atoms with Gasteiger partial charge in [-0.15, -0.1) is 0 Å². The second kappa shape index (κ2) is 12.2. The first-order valence-electron chi connectivity index (χ1n) is 12.8. The van der Waals surface area contributed by atoms with E-state index in [1.54, 1.807) is 54.6 Å². The minimum Gasteiger partial charge on any atom is -0.497 e. The first kappa shape index (κ1) is 28.4. The number of rotatable bonds is 9. The van der Waals surface area contributed by atoms with E-state index in [1.807, 2.05) is 19.1 Å². The van der Waals surface area contributed by atoms with Gasteiger partial charge in [-0.05, 0) is 91.3 Å². The normalized spacial score (nSPS) is 12.9. The lowest BCUT2D eigenvalue weighted by Gasteiger charge is -2.16. The molecule has 1 aliphatic heterocycles. The number of benzene rings is 4. The number of methoxy groups -OCH3 is 2. The molecule has 42 heavy (non-hydrogen) atoms. The van der Waals surface area contributed by atoms with E-state index in [2.05, 4.69) is 10.6 Å². The fourth-order valence-electron chi connectivity index (χ4n) is 4.29. The van der Waals surface area contributed by atoms with Crippen molar-refractivity contribution in [1.29, 1.82) is 0 Å². The number of nitrogens with one attached hydrogen (secondary N) is 2. The molecule has 4 aromatic carbocycles. The van der Waals surface area contributed by atoms with Crippen molar-refractivity contribution in [3.63, 3.8) is 0 Å². The summed E-state index contributed by atoms with van der Waals surface area (Å²) in [6.45, 7) is 1.90. The van der Waals surface area contributed by atoms with Crippen LogP contribution >= 0.6 is 11.8 Å². The van der Waals surface area contributed by atoms with E-state index >= 15 is 0 Å². The van der Waals surface area contributed by atoms with Gasteiger partial charge in [0.05, 0.1) is 25.6 Å². The average Bonchev–Trinajstić information content (AvgIpc) is 3.22. The highest BCUT2D eigenvalue weighted by atomic mass is 32.2. The first-order chi connectivity index (χ1) is 20.3. The van der Waals surface area contributed by atoms with Crippen molar-refractivity contribution in [2.24, 2.45) is 0 Å². The smallest absolute Gasteiger partial charge is 0.283 e. The molecule has 4 aromatic rings. The summed E-state index contributed by atoms with van der Waals surface area (Å²) in [7, 11) is 3.05. The number of hydrogen-bond acceptors (Lipinski definition) is 7. The van der Waals surface area contributed by atoms with Crippen LogP contribution in [-0.4, -0.2) is 31.9 Å². The number of carbonyl (C=O) groups is 3. The summed E-state index contributed by atoms with van der Waals surface area (Å²) in [6.07, 6.45) is 0. The van der Waals surface area contributed by atoms with Crippen molar-refractivity contribution in [1.82, 2.24) is 0 Å². The summed E-state index contributed by atoms with van der Waals surface area (Å²) in [5.41, 5.74) is 2.74. The van der Waals surface area contributed by atoms with E-state index in [0.29, 0.717) is 33.3 Å². The van der Waals surface area contributed by atoms with Gasteiger partial charge in [-0.1, -0.05) is 23.9 Å². The Morgan fingerprint density at radius 1 is 0.857 bits per heavy atom. The maximum atomic E-state index is 13.6. The van der Waals surface area contributed by atoms with Gasteiger partial charge >= 0.3 is 0 Å². The van der Waals surface area contributed by atoms with Gasteiger partial charge in [0.25, 0.3) is 17.7 Å². The molecule has 0 bridgehead atoms. The molecule has 0 saturated heterocycles. The minimum absolute atomic E-state index is 0.0635. The fraction of sp³-hybridized carbons (Fsp3) is 0.0938. The number of nitrogens with zero attached hydrogens (tertiary/aromatic N) is 1. The molecule has 0 atom stereocenters. The predicted octanol–water partition coefficient (Wildman–Crippen LogP) is 6.39. The van der Waals surface area contributed by atoms with Crippen molar-refractivity contribution in [3.8, 4) is 11.5 Å². The van der Waals surface area contributed by atoms with Crippen molar-refractivity contribution in [3.05, 3.63) is 119 Å². The molecule has 10 heteroatoms. The Balaban J connectivity index is 1.43. The zero-order chi connectivity index (χ0) is 29.8. The molecule has 0 unspecified atom stereocenters. The van der Waals surface area contributed by atoms with Gasteiger partial charge in [-0.2, -0.15) is 0 Å². The molecule has 5 rings (SSSR count). The highest BCUT2D eigenvalue weighted by Crippen LogP contribution is 2.39. The number of anilines is 3. The van der Waals surface area contributed by atoms with Crippen LogP contribution in [0.25, 0.3) is 0 Å². The second-order valence-corrected chi connectivity index (χ2v) is 10.4. The largest absolute Gasteiger partial charge is 0.497 e. The highest BCUT2D eigenvalue weighted by Gasteiger charge is 2.40. The van der Waals surface area contributed by atoms with Gasteiger partial charge in [-0.3, -0.25) is 14.4 Å². The van der Waals surface area contributed by atoms with Crippen LogP contribution in [-0.2, 0) is 9.59 Å². The minimum atomic E-state index is -0.583. The highest BCUT2D eigenvalue weighted by molar-refractivity contribution is 8.04. The van der Waals surface area contributed by atoms with Crippen LogP contribution in [0.1, 0.15) is 15.9 Å². The summed E-state index contributed by atoms with van der Waals surface area (Å²) in [6, 6.07) is 24.3. The van der Waals surface area contributed by atoms with Crippen LogP contribution < -0.4 is 25.0 Å². The lowest BCUT2D eigenvalue weighted by molar-refractivity contribution is -0.120. The SMILES string of the molecule is COc1cccc(C(=O)Nc2ccc(SC3=C(Nc4cc(C)ccc4OC)C(=O)N(c4ccc(F)cc4)C3=O)cc2)c1. The van der Waals surface area contributed by atoms with E-state index < -0.39 is 17.6 Å². The Morgan fingerprint density at radius 3 is 2.29 bits per heavy atom. The summed E-state index contributed by atoms with van der Waals surface area (Å²) in [5.74, 6) is -0.861. The number of halogens is 1. The van der Waals surface area contributed by atoms with Crippen LogP contribution in [0.2, 0.25) is 0 Å². The number of amides is 3. The quantitative estimate of drug-likeness (QED) is 0.220. The number of carbonyl (C=O) groups excluding carboxylic acids is 3. The predicted molar refractivity (Wildman–Crippen MR) is 161 cm³/mol. The Bertz CT molecular complexity index is 1700. The third kappa shape index (κ3) is 5.98. The van der Waals surface area contributed by atoms with Gasteiger partial charge in [0.2, 0.25) is 0 Å². The van der Waals surface area contributed by atoms with E-state index in [1.165, 1.54) is 38.5 Å². The van der Waals surface area contributed by atoms with E-state index in [9.17, 15) is 18.8 Å². The summed E-state index contributed by atoms with van der Waals surface area (Å²) in [4.78, 5) is 41.8. The molecule has 0 fully saturated rings. The number of aryl methyl sites for hydroxylation is 1. The molecular weight excluding hydrogens is 557 g/mol. The topological polar surface area (TPSA) is 97.0 Å². The van der Waals surface area contributed by atoms with E-state index in [0.717, 1.165) is 22.2 Å². The Hall–Kier alpha value is -5.09. The molecule has 3 amide bonds. The summed E-state index contributed by atoms with van der Waals surface area (Å²) in [5, 5.41) is 5.95. The van der Waals surface area contributed by atoms with Gasteiger partial charge in [0.15, 0.2) is 0 Å². The monoisotopic (exact) mass is 583 g/mol. The number of hydrogen-bond donors (Lipinski definition) is 2. The maximum absolute atomic E-state index is 13.6. The van der Waals surface area contributed by atoms with E-state index in [-0.39, 0.29) is 22.2 Å². The molecule has 0 aliphatic carbocycles. The standard InChI is InChI=1S/C32H26FN3O5S/c1-19-7-16-27(41-3)26(17-19)35-28-29(32(39)36(31(28)38)23-12-8-21(33)9-13-23)42-25-14-10-22(11-15-25)34-30(37)20-5-4-6-24(18-20)40-2/h4-18,35H,1-3H3,(H,34,37). The van der Waals surface area contributed by atoms with E-state index in [4.69, 9.17) is 9.47 Å². The number of ether oxygens (including phenoxy) is 2. The number of thioether (sulfide) groups is 1. The van der Waals surface area contributed by atoms with Crippen molar-refractivity contribution < 1.29 is 28.2 Å². The van der Waals surface area contributed by atoms with Gasteiger partial charge in [0.1, 0.15) is 27.9 Å². The Labute approximate surface area is 246 Å². The van der Waals surface area contributed by atoms with Crippen LogP contribution in [0.3, 0.4) is 0 Å². The van der Waals surface area contributed by atoms with Gasteiger partial charge in [0, 0.05) is 16.1 Å². The molecule has 0 aromatic heterocycles. The fourth-order valence-corrected chi connectivity index (χ4v) is 5.21. The molecule has 0 spiro atoms. The molecule has 0 radical (unpaired) electrons. The maximum Gasteiger partial charge on any atom is 0.283 e. The summed E-state index contributed by atoms with van der Waals surface area (Å²) >= 11 is 1.10. The molecule has 1 heterocycles. The third-order valence-corrected chi connectivity index (χ3v) is 7.50. The summed E-state index contributed by atoms with van der Waals surface area (Å²) < 4.78 is 24.2. The number of imide groups is 1. The molecule has 212 valence electrons. The lowest BCUT2D eigenvalue weighted by atomic mass is 10.2. The zero-order valence-corrected chi connectivity index (χ0v) is 23.8.